The van der Waals surface area contributed by atoms with Gasteiger partial charge in [-0.25, -0.2) is 0 Å². The second-order valence-corrected chi connectivity index (χ2v) is 7.93. The summed E-state index contributed by atoms with van der Waals surface area (Å²) >= 11 is 0. The molecule has 0 bridgehead atoms. The summed E-state index contributed by atoms with van der Waals surface area (Å²) in [6.07, 6.45) is 8.52. The fraction of sp³-hybridized carbons (Fsp3) is 0.684. The third kappa shape index (κ3) is 2.53. The zero-order valence-corrected chi connectivity index (χ0v) is 13.3. The van der Waals surface area contributed by atoms with E-state index in [0.29, 0.717) is 11.5 Å². The van der Waals surface area contributed by atoms with E-state index in [1.807, 2.05) is 0 Å². The number of hydrogen-bond donors (Lipinski definition) is 1. The Hall–Kier alpha value is -0.820. The van der Waals surface area contributed by atoms with Crippen molar-refractivity contribution in [2.75, 3.05) is 6.54 Å². The van der Waals surface area contributed by atoms with Crippen molar-refractivity contribution < 1.29 is 0 Å². The second-order valence-electron chi connectivity index (χ2n) is 7.93. The third-order valence-corrected chi connectivity index (χ3v) is 5.54. The molecule has 1 saturated carbocycles. The molecule has 2 aliphatic rings. The smallest absolute Gasteiger partial charge is 0.0377 e. The predicted molar refractivity (Wildman–Crippen MR) is 86.0 cm³/mol. The third-order valence-electron chi connectivity index (χ3n) is 5.54. The lowest BCUT2D eigenvalue weighted by Gasteiger charge is -2.39. The molecular weight excluding hydrogens is 242 g/mol. The van der Waals surface area contributed by atoms with Gasteiger partial charge in [-0.05, 0) is 47.8 Å². The van der Waals surface area contributed by atoms with Crippen LogP contribution in [-0.2, 0) is 5.41 Å². The van der Waals surface area contributed by atoms with Gasteiger partial charge in [0.15, 0.2) is 0 Å². The van der Waals surface area contributed by atoms with Crippen molar-refractivity contribution >= 4 is 0 Å². The zero-order chi connectivity index (χ0) is 14.2. The molecule has 1 spiro atoms. The Bertz CT molecular complexity index is 446. The van der Waals surface area contributed by atoms with Crippen LogP contribution in [0.4, 0.5) is 0 Å². The van der Waals surface area contributed by atoms with Gasteiger partial charge in [0.1, 0.15) is 0 Å². The first-order valence-corrected chi connectivity index (χ1v) is 8.35. The summed E-state index contributed by atoms with van der Waals surface area (Å²) in [4.78, 5) is 0. The van der Waals surface area contributed by atoms with E-state index in [0.717, 1.165) is 0 Å². The summed E-state index contributed by atoms with van der Waals surface area (Å²) < 4.78 is 0. The maximum atomic E-state index is 3.79. The Kier molecular flexibility index (Phi) is 3.66. The minimum absolute atomic E-state index is 0.254. The molecule has 1 nitrogen and oxygen atoms in total. The molecule has 1 atom stereocenters. The van der Waals surface area contributed by atoms with Crippen LogP contribution in [0.5, 0.6) is 0 Å². The van der Waals surface area contributed by atoms with E-state index in [-0.39, 0.29) is 5.41 Å². The molecule has 20 heavy (non-hydrogen) atoms. The minimum Gasteiger partial charge on any atom is -0.309 e. The SMILES string of the molecule is CC(C)(C)c1ccc(C2NCCC23CCCCC3)cc1. The second kappa shape index (κ2) is 5.18. The molecule has 1 aliphatic heterocycles. The normalized spacial score (nSPS) is 26.1. The van der Waals surface area contributed by atoms with Crippen LogP contribution >= 0.6 is 0 Å². The zero-order valence-electron chi connectivity index (χ0n) is 13.3. The van der Waals surface area contributed by atoms with Crippen LogP contribution < -0.4 is 5.32 Å². The molecule has 1 heteroatoms. The standard InChI is InChI=1S/C19H29N/c1-18(2,3)16-9-7-15(8-10-16)17-19(13-14-20-17)11-5-4-6-12-19/h7-10,17,20H,4-6,11-14H2,1-3H3. The molecule has 110 valence electrons. The van der Waals surface area contributed by atoms with Crippen LogP contribution in [0.1, 0.15) is 76.5 Å². The summed E-state index contributed by atoms with van der Waals surface area (Å²) in [5, 5.41) is 3.79. The molecule has 0 radical (unpaired) electrons. The van der Waals surface area contributed by atoms with Gasteiger partial charge in [-0.3, -0.25) is 0 Å². The number of benzene rings is 1. The van der Waals surface area contributed by atoms with Crippen LogP contribution in [-0.4, -0.2) is 6.54 Å². The summed E-state index contributed by atoms with van der Waals surface area (Å²) in [6, 6.07) is 10.0. The molecule has 3 rings (SSSR count). The Labute approximate surface area is 124 Å². The summed E-state index contributed by atoms with van der Waals surface area (Å²) in [5.74, 6) is 0. The summed E-state index contributed by atoms with van der Waals surface area (Å²) in [7, 11) is 0. The predicted octanol–water partition coefficient (Wildman–Crippen LogP) is 4.97. The van der Waals surface area contributed by atoms with Crippen LogP contribution in [0.3, 0.4) is 0 Å². The van der Waals surface area contributed by atoms with Crippen LogP contribution in [0, 0.1) is 5.41 Å². The molecule has 1 aliphatic carbocycles. The van der Waals surface area contributed by atoms with Crippen molar-refractivity contribution in [3.8, 4) is 0 Å². The highest BCUT2D eigenvalue weighted by atomic mass is 15.0. The highest BCUT2D eigenvalue weighted by molar-refractivity contribution is 5.31. The number of nitrogens with one attached hydrogen (secondary N) is 1. The van der Waals surface area contributed by atoms with Crippen molar-refractivity contribution in [3.63, 3.8) is 0 Å². The Morgan fingerprint density at radius 2 is 1.60 bits per heavy atom. The average Bonchev–Trinajstić information content (AvgIpc) is 2.82. The maximum Gasteiger partial charge on any atom is 0.0377 e. The molecule has 1 unspecified atom stereocenters. The van der Waals surface area contributed by atoms with E-state index in [1.54, 1.807) is 0 Å². The molecule has 1 aromatic rings. The fourth-order valence-corrected chi connectivity index (χ4v) is 4.27. The van der Waals surface area contributed by atoms with Crippen molar-refractivity contribution in [1.82, 2.24) is 5.32 Å². The van der Waals surface area contributed by atoms with Crippen molar-refractivity contribution in [3.05, 3.63) is 35.4 Å². The molecule has 1 aromatic carbocycles. The van der Waals surface area contributed by atoms with Gasteiger partial charge in [0.05, 0.1) is 0 Å². The van der Waals surface area contributed by atoms with E-state index in [9.17, 15) is 0 Å². The van der Waals surface area contributed by atoms with E-state index in [4.69, 9.17) is 0 Å². The van der Waals surface area contributed by atoms with E-state index < -0.39 is 0 Å². The molecule has 1 heterocycles. The van der Waals surface area contributed by atoms with Gasteiger partial charge in [-0.2, -0.15) is 0 Å². The lowest BCUT2D eigenvalue weighted by Crippen LogP contribution is -2.31. The first-order chi connectivity index (χ1) is 9.51. The molecule has 1 saturated heterocycles. The molecular formula is C19H29N. The lowest BCUT2D eigenvalue weighted by atomic mass is 9.67. The highest BCUT2D eigenvalue weighted by Crippen LogP contribution is 2.51. The maximum absolute atomic E-state index is 3.79. The molecule has 0 aromatic heterocycles. The number of hydrogen-bond acceptors (Lipinski definition) is 1. The van der Waals surface area contributed by atoms with E-state index in [1.165, 1.54) is 56.2 Å². The Morgan fingerprint density at radius 1 is 0.950 bits per heavy atom. The first-order valence-electron chi connectivity index (χ1n) is 8.35. The number of rotatable bonds is 1. The van der Waals surface area contributed by atoms with Gasteiger partial charge in [0.25, 0.3) is 0 Å². The summed E-state index contributed by atoms with van der Waals surface area (Å²) in [6.45, 7) is 8.07. The van der Waals surface area contributed by atoms with Crippen LogP contribution in [0.2, 0.25) is 0 Å². The monoisotopic (exact) mass is 271 g/mol. The lowest BCUT2D eigenvalue weighted by molar-refractivity contribution is 0.164. The van der Waals surface area contributed by atoms with E-state index >= 15 is 0 Å². The topological polar surface area (TPSA) is 12.0 Å². The minimum atomic E-state index is 0.254. The summed E-state index contributed by atoms with van der Waals surface area (Å²) in [5.41, 5.74) is 3.76. The van der Waals surface area contributed by atoms with Crippen molar-refractivity contribution in [1.29, 1.82) is 0 Å². The van der Waals surface area contributed by atoms with Gasteiger partial charge in [-0.15, -0.1) is 0 Å². The highest BCUT2D eigenvalue weighted by Gasteiger charge is 2.43. The van der Waals surface area contributed by atoms with Gasteiger partial charge >= 0.3 is 0 Å². The van der Waals surface area contributed by atoms with Gasteiger partial charge in [0.2, 0.25) is 0 Å². The van der Waals surface area contributed by atoms with Gasteiger partial charge in [0, 0.05) is 6.04 Å². The Morgan fingerprint density at radius 3 is 2.20 bits per heavy atom. The van der Waals surface area contributed by atoms with Gasteiger partial charge in [-0.1, -0.05) is 64.3 Å². The molecule has 0 amide bonds. The van der Waals surface area contributed by atoms with Crippen molar-refractivity contribution in [2.45, 2.75) is 70.8 Å². The Balaban J connectivity index is 1.84. The molecule has 1 N–H and O–H groups in total. The average molecular weight is 271 g/mol. The fourth-order valence-electron chi connectivity index (χ4n) is 4.27. The van der Waals surface area contributed by atoms with Crippen LogP contribution in [0.15, 0.2) is 24.3 Å². The van der Waals surface area contributed by atoms with Crippen molar-refractivity contribution in [2.24, 2.45) is 5.41 Å². The largest absolute Gasteiger partial charge is 0.309 e. The first kappa shape index (κ1) is 14.1. The quantitative estimate of drug-likeness (QED) is 0.760. The van der Waals surface area contributed by atoms with Crippen LogP contribution in [0.25, 0.3) is 0 Å². The van der Waals surface area contributed by atoms with E-state index in [2.05, 4.69) is 50.4 Å². The molecule has 2 fully saturated rings. The van der Waals surface area contributed by atoms with Gasteiger partial charge < -0.3 is 5.32 Å².